The molecule has 3 saturated heterocycles. The topological polar surface area (TPSA) is 138 Å². The molecule has 39 heavy (non-hydrogen) atoms. The fourth-order valence-corrected chi connectivity index (χ4v) is 6.49. The van der Waals surface area contributed by atoms with Gasteiger partial charge in [0.15, 0.2) is 12.6 Å². The first-order chi connectivity index (χ1) is 18.1. The predicted molar refractivity (Wildman–Crippen MR) is 143 cm³/mol. The number of nitrogens with zero attached hydrogens (tertiary/aromatic N) is 1. The number of fused-ring (bicyclic) bond motifs is 1. The SMILES string of the molecule is CC[C@H]1OC(=O)[C@H](C)[C@@H](O[C@H]2CC(N(C)CC)C3O[C@H]3O2)[C@H](C)[C@@H](O)[C@](C)(O)C[C@@H](C)C(=O)[C@H](C)[C@@H](O)[C@H]1C. The number of carbonyl (C=O) groups is 2. The van der Waals surface area contributed by atoms with E-state index >= 15 is 0 Å². The first-order valence-corrected chi connectivity index (χ1v) is 14.6. The monoisotopic (exact) mass is 557 g/mol. The highest BCUT2D eigenvalue weighted by molar-refractivity contribution is 5.83. The van der Waals surface area contributed by atoms with Gasteiger partial charge in [-0.25, -0.2) is 0 Å². The third-order valence-corrected chi connectivity index (χ3v) is 9.44. The number of aliphatic hydroxyl groups is 3. The average molecular weight is 558 g/mol. The van der Waals surface area contributed by atoms with E-state index in [9.17, 15) is 24.9 Å². The van der Waals surface area contributed by atoms with Crippen LogP contribution in [0.5, 0.6) is 0 Å². The zero-order valence-corrected chi connectivity index (χ0v) is 25.1. The molecule has 3 aliphatic rings. The van der Waals surface area contributed by atoms with E-state index in [-0.39, 0.29) is 30.6 Å². The maximum Gasteiger partial charge on any atom is 0.311 e. The second-order valence-electron chi connectivity index (χ2n) is 12.5. The van der Waals surface area contributed by atoms with E-state index in [2.05, 4.69) is 11.8 Å². The minimum atomic E-state index is -1.66. The Morgan fingerprint density at radius 3 is 2.26 bits per heavy atom. The number of hydrogen-bond acceptors (Lipinski definition) is 10. The molecule has 10 nitrogen and oxygen atoms in total. The fourth-order valence-electron chi connectivity index (χ4n) is 6.49. The molecule has 10 heteroatoms. The molecule has 0 saturated carbocycles. The standard InChI is InChI=1S/C29H51NO9/c1-10-20-15(4)23(32)16(5)22(31)14(3)13-29(8,35)26(33)17(6)24(18(7)27(34)36-20)37-21-12-19(30(9)11-2)25-28(38-21)39-25/h14-21,23-26,28,32-33,35H,10-13H2,1-9H3/t14-,15+,16+,17+,18-,19?,20-,21-,23+,24+,25?,26-,28-,29-/m1/s1. The van der Waals surface area contributed by atoms with Crippen molar-refractivity contribution in [1.82, 2.24) is 4.90 Å². The Kier molecular flexibility index (Phi) is 10.6. The van der Waals surface area contributed by atoms with Gasteiger partial charge >= 0.3 is 5.97 Å². The van der Waals surface area contributed by atoms with Crippen LogP contribution in [0, 0.1) is 29.6 Å². The van der Waals surface area contributed by atoms with E-state index in [1.807, 2.05) is 14.0 Å². The highest BCUT2D eigenvalue weighted by Crippen LogP contribution is 2.40. The minimum absolute atomic E-state index is 0.00751. The molecule has 0 aromatic carbocycles. The number of aliphatic hydroxyl groups excluding tert-OH is 2. The van der Waals surface area contributed by atoms with Crippen molar-refractivity contribution in [3.63, 3.8) is 0 Å². The molecule has 226 valence electrons. The summed E-state index contributed by atoms with van der Waals surface area (Å²) in [6.07, 6.45) is -3.94. The molecule has 3 N–H and O–H groups in total. The van der Waals surface area contributed by atoms with Crippen molar-refractivity contribution in [1.29, 1.82) is 0 Å². The molecule has 3 rings (SSSR count). The zero-order chi connectivity index (χ0) is 29.4. The van der Waals surface area contributed by atoms with Crippen LogP contribution in [-0.4, -0.2) is 100 Å². The number of epoxide rings is 1. The number of esters is 1. The summed E-state index contributed by atoms with van der Waals surface area (Å²) >= 11 is 0. The highest BCUT2D eigenvalue weighted by atomic mass is 16.8. The van der Waals surface area contributed by atoms with Crippen LogP contribution in [0.3, 0.4) is 0 Å². The Morgan fingerprint density at radius 1 is 1.03 bits per heavy atom. The van der Waals surface area contributed by atoms with Gasteiger partial charge in [0, 0.05) is 36.1 Å². The number of rotatable bonds is 5. The number of cyclic esters (lactones) is 1. The van der Waals surface area contributed by atoms with Gasteiger partial charge in [0.2, 0.25) is 0 Å². The van der Waals surface area contributed by atoms with Gasteiger partial charge in [0.25, 0.3) is 0 Å². The van der Waals surface area contributed by atoms with E-state index in [0.717, 1.165) is 6.54 Å². The number of carbonyl (C=O) groups excluding carboxylic acids is 2. The molecule has 14 atom stereocenters. The number of ether oxygens (including phenoxy) is 4. The summed E-state index contributed by atoms with van der Waals surface area (Å²) in [5.41, 5.74) is -1.66. The van der Waals surface area contributed by atoms with Gasteiger partial charge in [-0.2, -0.15) is 0 Å². The molecule has 3 heterocycles. The summed E-state index contributed by atoms with van der Waals surface area (Å²) < 4.78 is 24.0. The maximum atomic E-state index is 13.5. The van der Waals surface area contributed by atoms with Crippen LogP contribution < -0.4 is 0 Å². The van der Waals surface area contributed by atoms with Crippen molar-refractivity contribution in [3.8, 4) is 0 Å². The second-order valence-corrected chi connectivity index (χ2v) is 12.5. The van der Waals surface area contributed by atoms with E-state index in [0.29, 0.717) is 12.8 Å². The number of ketones is 1. The summed E-state index contributed by atoms with van der Waals surface area (Å²) in [6, 6.07) is 0.0866. The average Bonchev–Trinajstić information content (AvgIpc) is 3.69. The van der Waals surface area contributed by atoms with Gasteiger partial charge < -0.3 is 39.2 Å². The minimum Gasteiger partial charge on any atom is -0.462 e. The molecule has 0 aromatic rings. The Hall–Kier alpha value is -1.14. The molecule has 2 unspecified atom stereocenters. The van der Waals surface area contributed by atoms with E-state index in [4.69, 9.17) is 18.9 Å². The van der Waals surface area contributed by atoms with Crippen LogP contribution in [-0.2, 0) is 28.5 Å². The first kappa shape index (κ1) is 32.4. The molecule has 3 fully saturated rings. The second kappa shape index (κ2) is 12.8. The van der Waals surface area contributed by atoms with Gasteiger partial charge in [0.1, 0.15) is 18.0 Å². The molecule has 3 aliphatic heterocycles. The van der Waals surface area contributed by atoms with Crippen LogP contribution in [0.15, 0.2) is 0 Å². The van der Waals surface area contributed by atoms with Gasteiger partial charge in [-0.3, -0.25) is 9.59 Å². The van der Waals surface area contributed by atoms with Crippen LogP contribution in [0.1, 0.15) is 74.7 Å². The van der Waals surface area contributed by atoms with Gasteiger partial charge in [-0.05, 0) is 40.3 Å². The molecule has 0 aliphatic carbocycles. The Labute approximate surface area is 233 Å². The summed E-state index contributed by atoms with van der Waals surface area (Å²) in [5, 5.41) is 33.8. The smallest absolute Gasteiger partial charge is 0.311 e. The number of hydrogen-bond donors (Lipinski definition) is 3. The third-order valence-electron chi connectivity index (χ3n) is 9.44. The summed E-state index contributed by atoms with van der Waals surface area (Å²) in [6.45, 7) is 14.8. The largest absolute Gasteiger partial charge is 0.462 e. The van der Waals surface area contributed by atoms with E-state index < -0.39 is 71.9 Å². The lowest BCUT2D eigenvalue weighted by molar-refractivity contribution is -0.240. The summed E-state index contributed by atoms with van der Waals surface area (Å²) in [5.74, 6) is -4.10. The highest BCUT2D eigenvalue weighted by Gasteiger charge is 2.55. The molecular formula is C29H51NO9. The van der Waals surface area contributed by atoms with Gasteiger partial charge in [-0.1, -0.05) is 41.5 Å². The lowest BCUT2D eigenvalue weighted by Crippen LogP contribution is -2.54. The summed E-state index contributed by atoms with van der Waals surface area (Å²) in [7, 11) is 2.01. The van der Waals surface area contributed by atoms with E-state index in [1.165, 1.54) is 6.92 Å². The maximum absolute atomic E-state index is 13.5. The predicted octanol–water partition coefficient (Wildman–Crippen LogP) is 2.11. The van der Waals surface area contributed by atoms with Crippen LogP contribution in [0.25, 0.3) is 0 Å². The van der Waals surface area contributed by atoms with Crippen molar-refractivity contribution in [2.75, 3.05) is 13.6 Å². The molecule has 0 amide bonds. The molecule has 0 aromatic heterocycles. The van der Waals surface area contributed by atoms with Crippen LogP contribution >= 0.6 is 0 Å². The normalized spacial score (nSPS) is 48.3. The lowest BCUT2D eigenvalue weighted by Gasteiger charge is -2.42. The fraction of sp³-hybridized carbons (Fsp3) is 0.931. The first-order valence-electron chi connectivity index (χ1n) is 14.6. The number of Topliss-reactive ketones (excluding diaryl/α,β-unsaturated/α-hetero) is 1. The van der Waals surface area contributed by atoms with Crippen molar-refractivity contribution < 1.29 is 43.9 Å². The van der Waals surface area contributed by atoms with Crippen molar-refractivity contribution in [2.45, 2.75) is 129 Å². The zero-order valence-electron chi connectivity index (χ0n) is 25.1. The summed E-state index contributed by atoms with van der Waals surface area (Å²) in [4.78, 5) is 28.9. The van der Waals surface area contributed by atoms with Crippen molar-refractivity contribution in [3.05, 3.63) is 0 Å². The Bertz CT molecular complexity index is 851. The molecule has 0 spiro atoms. The molecular weight excluding hydrogens is 506 g/mol. The van der Waals surface area contributed by atoms with E-state index in [1.54, 1.807) is 34.6 Å². The third kappa shape index (κ3) is 7.02. The lowest BCUT2D eigenvalue weighted by atomic mass is 9.75. The Morgan fingerprint density at radius 2 is 1.67 bits per heavy atom. The van der Waals surface area contributed by atoms with Crippen molar-refractivity contribution in [2.24, 2.45) is 29.6 Å². The quantitative estimate of drug-likeness (QED) is 0.340. The van der Waals surface area contributed by atoms with Crippen molar-refractivity contribution >= 4 is 11.8 Å². The van der Waals surface area contributed by atoms with Gasteiger partial charge in [0.05, 0.1) is 29.8 Å². The molecule has 0 radical (unpaired) electrons. The van der Waals surface area contributed by atoms with Crippen LogP contribution in [0.4, 0.5) is 0 Å². The van der Waals surface area contributed by atoms with Gasteiger partial charge in [-0.15, -0.1) is 0 Å². The van der Waals surface area contributed by atoms with Crippen LogP contribution in [0.2, 0.25) is 0 Å². The Balaban J connectivity index is 1.93. The number of likely N-dealkylation sites (N-methyl/N-ethyl adjacent to an activating group) is 1. The molecule has 0 bridgehead atoms.